The van der Waals surface area contributed by atoms with Crippen molar-refractivity contribution in [1.82, 2.24) is 0 Å². The van der Waals surface area contributed by atoms with Crippen LogP contribution in [0.5, 0.6) is 0 Å². The Hall–Kier alpha value is -2.87. The van der Waals surface area contributed by atoms with Gasteiger partial charge in [0.25, 0.3) is 15.9 Å². The van der Waals surface area contributed by atoms with Crippen LogP contribution in [0.4, 0.5) is 11.4 Å². The zero-order valence-electron chi connectivity index (χ0n) is 15.6. The van der Waals surface area contributed by atoms with Crippen molar-refractivity contribution in [2.75, 3.05) is 17.1 Å². The van der Waals surface area contributed by atoms with Crippen molar-refractivity contribution in [1.29, 1.82) is 0 Å². The minimum atomic E-state index is -3.74. The van der Waals surface area contributed by atoms with E-state index in [0.717, 1.165) is 5.56 Å². The Morgan fingerprint density at radius 1 is 0.966 bits per heavy atom. The molecule has 3 rings (SSSR count). The van der Waals surface area contributed by atoms with Crippen molar-refractivity contribution in [3.8, 4) is 0 Å². The first kappa shape index (κ1) is 20.9. The van der Waals surface area contributed by atoms with E-state index in [9.17, 15) is 13.2 Å². The van der Waals surface area contributed by atoms with Gasteiger partial charge < -0.3 is 10.1 Å². The van der Waals surface area contributed by atoms with Crippen LogP contribution in [0.3, 0.4) is 0 Å². The van der Waals surface area contributed by atoms with Crippen molar-refractivity contribution in [2.24, 2.45) is 0 Å². The largest absolute Gasteiger partial charge is 0.380 e. The average Bonchev–Trinajstić information content (AvgIpc) is 2.69. The highest BCUT2D eigenvalue weighted by Gasteiger charge is 2.16. The molecule has 1 amide bonds. The molecule has 0 fully saturated rings. The van der Waals surface area contributed by atoms with Gasteiger partial charge in [0.1, 0.15) is 0 Å². The summed E-state index contributed by atoms with van der Waals surface area (Å²) in [5, 5.41) is 2.90. The number of ether oxygens (including phenoxy) is 1. The molecule has 150 valence electrons. The maximum Gasteiger partial charge on any atom is 0.261 e. The van der Waals surface area contributed by atoms with Gasteiger partial charge in [-0.2, -0.15) is 0 Å². The molecule has 3 aromatic carbocycles. The molecule has 0 saturated carbocycles. The fourth-order valence-electron chi connectivity index (χ4n) is 2.68. The summed E-state index contributed by atoms with van der Waals surface area (Å²) in [7, 11) is -2.15. The Bertz CT molecular complexity index is 1120. The monoisotopic (exact) mass is 430 g/mol. The van der Waals surface area contributed by atoms with Crippen LogP contribution >= 0.6 is 11.6 Å². The topological polar surface area (TPSA) is 84.5 Å². The number of rotatable bonds is 7. The molecular weight excluding hydrogens is 412 g/mol. The van der Waals surface area contributed by atoms with Crippen LogP contribution < -0.4 is 10.0 Å². The number of carbonyl (C=O) groups excluding carboxylic acids is 1. The first-order chi connectivity index (χ1) is 13.9. The standard InChI is InChI=1S/C21H19ClN2O4S/c1-28-14-15-6-5-7-16(12-15)23-21(25)19-11-10-17(13-20(19)22)24-29(26,27)18-8-3-2-4-9-18/h2-13,24H,14H2,1H3,(H,23,25). The lowest BCUT2D eigenvalue weighted by atomic mass is 10.1. The van der Waals surface area contributed by atoms with Gasteiger partial charge in [0.05, 0.1) is 27.8 Å². The zero-order valence-corrected chi connectivity index (χ0v) is 17.1. The first-order valence-electron chi connectivity index (χ1n) is 8.66. The second kappa shape index (κ2) is 9.09. The fourth-order valence-corrected chi connectivity index (χ4v) is 4.02. The van der Waals surface area contributed by atoms with Gasteiger partial charge in [-0.15, -0.1) is 0 Å². The van der Waals surface area contributed by atoms with Crippen LogP contribution in [0.15, 0.2) is 77.7 Å². The molecule has 0 radical (unpaired) electrons. The Kier molecular flexibility index (Phi) is 6.53. The molecule has 2 N–H and O–H groups in total. The SMILES string of the molecule is COCc1cccc(NC(=O)c2ccc(NS(=O)(=O)c3ccccc3)cc2Cl)c1. The minimum Gasteiger partial charge on any atom is -0.380 e. The quantitative estimate of drug-likeness (QED) is 0.576. The van der Waals surface area contributed by atoms with Gasteiger partial charge in [-0.25, -0.2) is 8.42 Å². The van der Waals surface area contributed by atoms with Crippen molar-refractivity contribution in [3.05, 3.63) is 88.9 Å². The van der Waals surface area contributed by atoms with Crippen LogP contribution in [-0.2, 0) is 21.4 Å². The highest BCUT2D eigenvalue weighted by atomic mass is 35.5. The van der Waals surface area contributed by atoms with Crippen LogP contribution in [0.2, 0.25) is 5.02 Å². The molecule has 29 heavy (non-hydrogen) atoms. The van der Waals surface area contributed by atoms with Crippen molar-refractivity contribution in [2.45, 2.75) is 11.5 Å². The molecule has 0 bridgehead atoms. The number of carbonyl (C=O) groups is 1. The molecule has 0 saturated heterocycles. The summed E-state index contributed by atoms with van der Waals surface area (Å²) in [4.78, 5) is 12.7. The lowest BCUT2D eigenvalue weighted by Gasteiger charge is -2.11. The van der Waals surface area contributed by atoms with E-state index in [4.69, 9.17) is 16.3 Å². The van der Waals surface area contributed by atoms with E-state index in [-0.39, 0.29) is 21.2 Å². The molecule has 0 aromatic heterocycles. The molecule has 0 spiro atoms. The molecule has 0 heterocycles. The Labute approximate surface area is 174 Å². The van der Waals surface area contributed by atoms with E-state index in [0.29, 0.717) is 12.3 Å². The van der Waals surface area contributed by atoms with E-state index < -0.39 is 15.9 Å². The molecule has 0 atom stereocenters. The highest BCUT2D eigenvalue weighted by molar-refractivity contribution is 7.92. The second-order valence-corrected chi connectivity index (χ2v) is 8.29. The van der Waals surface area contributed by atoms with Gasteiger partial charge in [-0.1, -0.05) is 41.9 Å². The lowest BCUT2D eigenvalue weighted by Crippen LogP contribution is -2.15. The van der Waals surface area contributed by atoms with Gasteiger partial charge in [-0.05, 0) is 48.0 Å². The van der Waals surface area contributed by atoms with Crippen LogP contribution in [0.25, 0.3) is 0 Å². The fraction of sp³-hybridized carbons (Fsp3) is 0.0952. The number of sulfonamides is 1. The zero-order chi connectivity index (χ0) is 20.9. The number of halogens is 1. The van der Waals surface area contributed by atoms with Gasteiger partial charge in [-0.3, -0.25) is 9.52 Å². The summed E-state index contributed by atoms with van der Waals surface area (Å²) in [6, 6.07) is 19.6. The molecule has 0 aliphatic rings. The van der Waals surface area contributed by atoms with Gasteiger partial charge in [0.2, 0.25) is 0 Å². The Balaban J connectivity index is 1.75. The summed E-state index contributed by atoms with van der Waals surface area (Å²) in [6.45, 7) is 0.431. The molecule has 0 unspecified atom stereocenters. The second-order valence-electron chi connectivity index (χ2n) is 6.20. The third-order valence-corrected chi connectivity index (χ3v) is 5.73. The Morgan fingerprint density at radius 2 is 1.72 bits per heavy atom. The first-order valence-corrected chi connectivity index (χ1v) is 10.5. The summed E-state index contributed by atoms with van der Waals surface area (Å²) in [6.07, 6.45) is 0. The van der Waals surface area contributed by atoms with E-state index in [1.807, 2.05) is 12.1 Å². The third kappa shape index (κ3) is 5.35. The number of methoxy groups -OCH3 is 1. The molecule has 0 aliphatic carbocycles. The predicted octanol–water partition coefficient (Wildman–Crippen LogP) is 4.54. The summed E-state index contributed by atoms with van der Waals surface area (Å²) < 4.78 is 32.4. The van der Waals surface area contributed by atoms with Gasteiger partial charge >= 0.3 is 0 Å². The Morgan fingerprint density at radius 3 is 2.41 bits per heavy atom. The van der Waals surface area contributed by atoms with E-state index >= 15 is 0 Å². The van der Waals surface area contributed by atoms with E-state index in [2.05, 4.69) is 10.0 Å². The number of benzene rings is 3. The predicted molar refractivity (Wildman–Crippen MR) is 114 cm³/mol. The maximum absolute atomic E-state index is 12.6. The highest BCUT2D eigenvalue weighted by Crippen LogP contribution is 2.24. The van der Waals surface area contributed by atoms with Crippen molar-refractivity contribution in [3.63, 3.8) is 0 Å². The van der Waals surface area contributed by atoms with E-state index in [1.165, 1.54) is 30.3 Å². The van der Waals surface area contributed by atoms with Crippen molar-refractivity contribution >= 4 is 38.9 Å². The summed E-state index contributed by atoms with van der Waals surface area (Å²) in [5.41, 5.74) is 2.01. The van der Waals surface area contributed by atoms with E-state index in [1.54, 1.807) is 37.4 Å². The molecule has 3 aromatic rings. The number of anilines is 2. The van der Waals surface area contributed by atoms with Crippen LogP contribution in [0, 0.1) is 0 Å². The third-order valence-electron chi connectivity index (χ3n) is 4.02. The van der Waals surface area contributed by atoms with Gasteiger partial charge in [0.15, 0.2) is 0 Å². The minimum absolute atomic E-state index is 0.129. The average molecular weight is 431 g/mol. The normalized spacial score (nSPS) is 11.1. The lowest BCUT2D eigenvalue weighted by molar-refractivity contribution is 0.102. The number of amides is 1. The number of nitrogens with one attached hydrogen (secondary N) is 2. The molecule has 6 nitrogen and oxygen atoms in total. The molecule has 8 heteroatoms. The maximum atomic E-state index is 12.6. The summed E-state index contributed by atoms with van der Waals surface area (Å²) >= 11 is 6.23. The van der Waals surface area contributed by atoms with Gasteiger partial charge in [0, 0.05) is 12.8 Å². The molecule has 0 aliphatic heterocycles. The van der Waals surface area contributed by atoms with Crippen molar-refractivity contribution < 1.29 is 17.9 Å². The van der Waals surface area contributed by atoms with Crippen LogP contribution in [0.1, 0.15) is 15.9 Å². The number of hydrogen-bond donors (Lipinski definition) is 2. The summed E-state index contributed by atoms with van der Waals surface area (Å²) in [5.74, 6) is -0.401. The number of hydrogen-bond acceptors (Lipinski definition) is 4. The smallest absolute Gasteiger partial charge is 0.261 e. The van der Waals surface area contributed by atoms with Crippen LogP contribution in [-0.4, -0.2) is 21.4 Å². The molecular formula is C21H19ClN2O4S.